The van der Waals surface area contributed by atoms with Crippen molar-refractivity contribution in [3.8, 4) is 0 Å². The summed E-state index contributed by atoms with van der Waals surface area (Å²) in [4.78, 5) is 1.80. The predicted molar refractivity (Wildman–Crippen MR) is 80.8 cm³/mol. The van der Waals surface area contributed by atoms with Gasteiger partial charge in [0, 0.05) is 25.8 Å². The minimum Gasteiger partial charge on any atom is -0.409 e. The van der Waals surface area contributed by atoms with Gasteiger partial charge in [0.1, 0.15) is 0 Å². The molecule has 0 amide bonds. The highest BCUT2D eigenvalue weighted by Crippen LogP contribution is 2.29. The van der Waals surface area contributed by atoms with Gasteiger partial charge in [-0.2, -0.15) is 0 Å². The molecular weight excluding hydrogens is 329 g/mol. The number of aliphatic hydroxyl groups excluding tert-OH is 1. The maximum Gasteiger partial charge on any atom is 0.171 e. The van der Waals surface area contributed by atoms with Gasteiger partial charge in [-0.05, 0) is 47.3 Å². The van der Waals surface area contributed by atoms with Gasteiger partial charge in [-0.25, -0.2) is 4.39 Å². The third kappa shape index (κ3) is 4.08. The van der Waals surface area contributed by atoms with E-state index >= 15 is 0 Å². The summed E-state index contributed by atoms with van der Waals surface area (Å²) in [5.74, 6) is -0.591. The second-order valence-electron chi connectivity index (χ2n) is 4.45. The zero-order chi connectivity index (χ0) is 15.1. The topological polar surface area (TPSA) is 82.1 Å². The highest BCUT2D eigenvalue weighted by Gasteiger charge is 2.16. The van der Waals surface area contributed by atoms with Gasteiger partial charge in [-0.15, -0.1) is 0 Å². The number of nitrogens with two attached hydrogens (primary N) is 1. The number of benzene rings is 1. The fourth-order valence-electron chi connectivity index (χ4n) is 1.84. The Morgan fingerprint density at radius 2 is 2.10 bits per heavy atom. The van der Waals surface area contributed by atoms with Crippen molar-refractivity contribution in [2.75, 3.05) is 25.1 Å². The summed E-state index contributed by atoms with van der Waals surface area (Å²) in [5, 5.41) is 20.2. The minimum atomic E-state index is -0.446. The molecule has 0 aromatic heterocycles. The van der Waals surface area contributed by atoms with Crippen molar-refractivity contribution in [2.45, 2.75) is 19.3 Å². The van der Waals surface area contributed by atoms with Gasteiger partial charge in [0.2, 0.25) is 0 Å². The molecule has 0 saturated heterocycles. The van der Waals surface area contributed by atoms with Crippen LogP contribution in [0.15, 0.2) is 21.8 Å². The van der Waals surface area contributed by atoms with Crippen molar-refractivity contribution in [1.82, 2.24) is 0 Å². The number of hydrogen-bond donors (Lipinski definition) is 3. The maximum atomic E-state index is 14.3. The highest BCUT2D eigenvalue weighted by molar-refractivity contribution is 9.10. The van der Waals surface area contributed by atoms with E-state index in [-0.39, 0.29) is 16.9 Å². The van der Waals surface area contributed by atoms with Crippen LogP contribution in [0.3, 0.4) is 0 Å². The van der Waals surface area contributed by atoms with E-state index < -0.39 is 5.82 Å². The molecular formula is C13H19BrFN3O2. The van der Waals surface area contributed by atoms with Crippen LogP contribution in [0.2, 0.25) is 0 Å². The SMILES string of the molecule is CN(CCCCCO)c1ccc(/C(N)=N/O)c(Br)c1F. The van der Waals surface area contributed by atoms with Gasteiger partial charge in [0.25, 0.3) is 0 Å². The summed E-state index contributed by atoms with van der Waals surface area (Å²) < 4.78 is 14.4. The first-order valence-electron chi connectivity index (χ1n) is 6.30. The molecule has 0 radical (unpaired) electrons. The molecule has 4 N–H and O–H groups in total. The zero-order valence-electron chi connectivity index (χ0n) is 11.3. The van der Waals surface area contributed by atoms with Crippen LogP contribution in [0.25, 0.3) is 0 Å². The molecule has 5 nitrogen and oxygen atoms in total. The van der Waals surface area contributed by atoms with Crippen molar-refractivity contribution in [1.29, 1.82) is 0 Å². The number of rotatable bonds is 7. The lowest BCUT2D eigenvalue weighted by atomic mass is 10.1. The molecule has 0 aliphatic carbocycles. The van der Waals surface area contributed by atoms with Crippen LogP contribution in [-0.4, -0.2) is 36.3 Å². The molecule has 0 fully saturated rings. The van der Waals surface area contributed by atoms with Crippen LogP contribution in [-0.2, 0) is 0 Å². The van der Waals surface area contributed by atoms with Gasteiger partial charge in [0.05, 0.1) is 10.2 Å². The number of halogens is 2. The Balaban J connectivity index is 2.84. The van der Waals surface area contributed by atoms with E-state index in [9.17, 15) is 4.39 Å². The molecule has 0 heterocycles. The largest absolute Gasteiger partial charge is 0.409 e. The molecule has 0 aliphatic rings. The van der Waals surface area contributed by atoms with E-state index in [1.807, 2.05) is 0 Å². The maximum absolute atomic E-state index is 14.3. The third-order valence-electron chi connectivity index (χ3n) is 3.01. The van der Waals surface area contributed by atoms with Gasteiger partial charge in [-0.3, -0.25) is 0 Å². The third-order valence-corrected chi connectivity index (χ3v) is 3.78. The van der Waals surface area contributed by atoms with Crippen molar-refractivity contribution in [3.05, 3.63) is 28.0 Å². The first-order valence-corrected chi connectivity index (χ1v) is 7.10. The smallest absolute Gasteiger partial charge is 0.171 e. The van der Waals surface area contributed by atoms with Crippen LogP contribution in [0.1, 0.15) is 24.8 Å². The highest BCUT2D eigenvalue weighted by atomic mass is 79.9. The van der Waals surface area contributed by atoms with Crippen LogP contribution < -0.4 is 10.6 Å². The summed E-state index contributed by atoms with van der Waals surface area (Å²) in [7, 11) is 1.80. The van der Waals surface area contributed by atoms with Crippen molar-refractivity contribution in [2.24, 2.45) is 10.9 Å². The monoisotopic (exact) mass is 347 g/mol. The second kappa shape index (κ2) is 8.06. The van der Waals surface area contributed by atoms with Crippen LogP contribution in [0.4, 0.5) is 10.1 Å². The Morgan fingerprint density at radius 1 is 1.40 bits per heavy atom. The van der Waals surface area contributed by atoms with Crippen molar-refractivity contribution in [3.63, 3.8) is 0 Å². The first kappa shape index (κ1) is 16.7. The molecule has 0 unspecified atom stereocenters. The normalized spacial score (nSPS) is 11.7. The van der Waals surface area contributed by atoms with Gasteiger partial charge < -0.3 is 20.9 Å². The average Bonchev–Trinajstić information content (AvgIpc) is 2.45. The standard InChI is InChI=1S/C13H19BrFN3O2/c1-18(7-3-2-4-8-19)10-6-5-9(13(16)17-20)11(14)12(10)15/h5-6,19-20H,2-4,7-8H2,1H3,(H2,16,17). The Labute approximate surface area is 126 Å². The average molecular weight is 348 g/mol. The molecule has 20 heavy (non-hydrogen) atoms. The van der Waals surface area contributed by atoms with E-state index in [1.54, 1.807) is 24.1 Å². The summed E-state index contributed by atoms with van der Waals surface area (Å²) in [5.41, 5.74) is 6.22. The Bertz CT molecular complexity index is 483. The molecule has 1 rings (SSSR count). The fourth-order valence-corrected chi connectivity index (χ4v) is 2.38. The van der Waals surface area contributed by atoms with Gasteiger partial charge in [-0.1, -0.05) is 5.16 Å². The lowest BCUT2D eigenvalue weighted by Crippen LogP contribution is -2.21. The summed E-state index contributed by atoms with van der Waals surface area (Å²) in [6.45, 7) is 0.865. The van der Waals surface area contributed by atoms with Crippen molar-refractivity contribution >= 4 is 27.5 Å². The number of nitrogens with zero attached hydrogens (tertiary/aromatic N) is 2. The minimum absolute atomic E-state index is 0.145. The molecule has 0 aliphatic heterocycles. The molecule has 0 saturated carbocycles. The summed E-state index contributed by atoms with van der Waals surface area (Å²) in [6, 6.07) is 3.20. The molecule has 0 atom stereocenters. The van der Waals surface area contributed by atoms with Crippen molar-refractivity contribution < 1.29 is 14.7 Å². The summed E-state index contributed by atoms with van der Waals surface area (Å²) >= 11 is 3.13. The van der Waals surface area contributed by atoms with Crippen LogP contribution in [0, 0.1) is 5.82 Å². The number of anilines is 1. The van der Waals surface area contributed by atoms with E-state index in [0.717, 1.165) is 19.3 Å². The van der Waals surface area contributed by atoms with E-state index in [0.29, 0.717) is 17.8 Å². The van der Waals surface area contributed by atoms with Crippen LogP contribution in [0.5, 0.6) is 0 Å². The van der Waals surface area contributed by atoms with Gasteiger partial charge >= 0.3 is 0 Å². The van der Waals surface area contributed by atoms with E-state index in [1.165, 1.54) is 0 Å². The Morgan fingerprint density at radius 3 is 2.70 bits per heavy atom. The van der Waals surface area contributed by atoms with E-state index in [2.05, 4.69) is 21.1 Å². The fraction of sp³-hybridized carbons (Fsp3) is 0.462. The Hall–Kier alpha value is -1.34. The second-order valence-corrected chi connectivity index (χ2v) is 5.24. The lowest BCUT2D eigenvalue weighted by Gasteiger charge is -2.21. The molecule has 0 spiro atoms. The molecule has 112 valence electrons. The number of hydrogen-bond acceptors (Lipinski definition) is 4. The number of amidine groups is 1. The number of oxime groups is 1. The zero-order valence-corrected chi connectivity index (χ0v) is 12.9. The molecule has 0 bridgehead atoms. The molecule has 1 aromatic carbocycles. The Kier molecular flexibility index (Phi) is 6.74. The lowest BCUT2D eigenvalue weighted by molar-refractivity contribution is 0.283. The number of unbranched alkanes of at least 4 members (excludes halogenated alkanes) is 2. The van der Waals surface area contributed by atoms with E-state index in [4.69, 9.17) is 16.0 Å². The molecule has 7 heteroatoms. The quantitative estimate of drug-likeness (QED) is 0.232. The number of aliphatic hydroxyl groups is 1. The molecule has 1 aromatic rings. The first-order chi connectivity index (χ1) is 9.52. The predicted octanol–water partition coefficient (Wildman–Crippen LogP) is 2.28. The van der Waals surface area contributed by atoms with Crippen LogP contribution >= 0.6 is 15.9 Å². The van der Waals surface area contributed by atoms with Gasteiger partial charge in [0.15, 0.2) is 11.7 Å². The summed E-state index contributed by atoms with van der Waals surface area (Å²) in [6.07, 6.45) is 2.52.